The first-order valence-electron chi connectivity index (χ1n) is 6.46. The minimum absolute atomic E-state index is 0.132. The summed E-state index contributed by atoms with van der Waals surface area (Å²) in [6, 6.07) is 4.43. The molecule has 100 valence electrons. The maximum atomic E-state index is 12.3. The van der Waals surface area contributed by atoms with Gasteiger partial charge >= 0.3 is 0 Å². The van der Waals surface area contributed by atoms with Crippen LogP contribution in [0.15, 0.2) is 18.2 Å². The number of halogens is 1. The summed E-state index contributed by atoms with van der Waals surface area (Å²) in [5.41, 5.74) is 0.244. The minimum atomic E-state index is -0.212. The summed E-state index contributed by atoms with van der Waals surface area (Å²) in [4.78, 5) is 25.8. The van der Waals surface area contributed by atoms with Gasteiger partial charge < -0.3 is 5.11 Å². The molecule has 0 bridgehead atoms. The molecule has 1 aromatic carbocycles. The van der Waals surface area contributed by atoms with Crippen LogP contribution in [0.3, 0.4) is 0 Å². The normalized spacial score (nSPS) is 26.7. The van der Waals surface area contributed by atoms with E-state index in [0.717, 1.165) is 30.6 Å². The average Bonchev–Trinajstić information content (AvgIpc) is 2.64. The maximum absolute atomic E-state index is 12.3. The lowest BCUT2D eigenvalue weighted by Crippen LogP contribution is -2.30. The smallest absolute Gasteiger partial charge is 0.237 e. The fourth-order valence-electron chi connectivity index (χ4n) is 3.09. The Morgan fingerprint density at radius 2 is 1.68 bits per heavy atom. The van der Waals surface area contributed by atoms with Gasteiger partial charge in [0.15, 0.2) is 0 Å². The molecule has 1 N–H and O–H groups in total. The average molecular weight is 280 g/mol. The molecule has 1 aliphatic carbocycles. The van der Waals surface area contributed by atoms with Crippen LogP contribution in [-0.2, 0) is 9.59 Å². The molecule has 0 spiro atoms. The number of fused-ring (bicyclic) bond motifs is 1. The number of amides is 2. The number of phenolic OH excluding ortho intramolecular Hbond substituents is 1. The number of benzene rings is 1. The van der Waals surface area contributed by atoms with E-state index in [4.69, 9.17) is 11.6 Å². The van der Waals surface area contributed by atoms with Crippen molar-refractivity contribution in [3.8, 4) is 5.75 Å². The lowest BCUT2D eigenvalue weighted by Gasteiger charge is -2.19. The first kappa shape index (κ1) is 12.5. The summed E-state index contributed by atoms with van der Waals surface area (Å²) in [5, 5.41) is 10.3. The number of carbonyl (C=O) groups excluding carboxylic acids is 2. The van der Waals surface area contributed by atoms with Gasteiger partial charge in [-0.25, -0.2) is 4.90 Å². The molecule has 1 saturated heterocycles. The Morgan fingerprint density at radius 1 is 1.11 bits per heavy atom. The van der Waals surface area contributed by atoms with Crippen molar-refractivity contribution in [2.24, 2.45) is 11.8 Å². The van der Waals surface area contributed by atoms with E-state index in [-0.39, 0.29) is 35.1 Å². The molecule has 2 aliphatic rings. The van der Waals surface area contributed by atoms with Gasteiger partial charge in [0.2, 0.25) is 11.8 Å². The van der Waals surface area contributed by atoms with Crippen molar-refractivity contribution in [2.75, 3.05) is 4.90 Å². The summed E-state index contributed by atoms with van der Waals surface area (Å²) in [6.45, 7) is 0. The highest BCUT2D eigenvalue weighted by Crippen LogP contribution is 2.42. The van der Waals surface area contributed by atoms with Gasteiger partial charge in [-0.1, -0.05) is 24.4 Å². The predicted molar refractivity (Wildman–Crippen MR) is 71.1 cm³/mol. The van der Waals surface area contributed by atoms with Crippen LogP contribution in [0.25, 0.3) is 0 Å². The molecule has 2 fully saturated rings. The molecule has 4 nitrogen and oxygen atoms in total. The number of phenols is 1. The number of rotatable bonds is 1. The summed E-state index contributed by atoms with van der Waals surface area (Å²) < 4.78 is 0. The zero-order chi connectivity index (χ0) is 13.6. The SMILES string of the molecule is O=C1[C@@H]2CCCC[C@H]2C(=O)N1c1ccc(Cl)cc1O. The lowest BCUT2D eigenvalue weighted by atomic mass is 9.81. The molecule has 0 unspecified atom stereocenters. The van der Waals surface area contributed by atoms with E-state index >= 15 is 0 Å². The minimum Gasteiger partial charge on any atom is -0.506 e. The number of anilines is 1. The van der Waals surface area contributed by atoms with Crippen LogP contribution >= 0.6 is 11.6 Å². The summed E-state index contributed by atoms with van der Waals surface area (Å²) in [6.07, 6.45) is 3.50. The van der Waals surface area contributed by atoms with Gasteiger partial charge in [0, 0.05) is 11.1 Å². The quantitative estimate of drug-likeness (QED) is 0.804. The van der Waals surface area contributed by atoms with Crippen LogP contribution in [0.1, 0.15) is 25.7 Å². The first-order chi connectivity index (χ1) is 9.09. The molecule has 0 radical (unpaired) electrons. The zero-order valence-electron chi connectivity index (χ0n) is 10.3. The molecular formula is C14H14ClNO3. The highest BCUT2D eigenvalue weighted by molar-refractivity contribution is 6.31. The molecule has 3 rings (SSSR count). The standard InChI is InChI=1S/C14H14ClNO3/c15-8-5-6-11(12(17)7-8)16-13(18)9-3-1-2-4-10(9)14(16)19/h5-7,9-10,17H,1-4H2/t9-,10-/m1/s1. The zero-order valence-corrected chi connectivity index (χ0v) is 11.1. The van der Waals surface area contributed by atoms with Gasteiger partial charge in [0.05, 0.1) is 17.5 Å². The van der Waals surface area contributed by atoms with E-state index in [2.05, 4.69) is 0 Å². The van der Waals surface area contributed by atoms with Crippen LogP contribution < -0.4 is 4.90 Å². The highest BCUT2D eigenvalue weighted by atomic mass is 35.5. The van der Waals surface area contributed by atoms with Crippen molar-refractivity contribution in [1.29, 1.82) is 0 Å². The van der Waals surface area contributed by atoms with E-state index in [1.807, 2.05) is 0 Å². The second kappa shape index (κ2) is 4.53. The fourth-order valence-corrected chi connectivity index (χ4v) is 3.25. The fraction of sp³-hybridized carbons (Fsp3) is 0.429. The Balaban J connectivity index is 2.00. The van der Waals surface area contributed by atoms with Gasteiger partial charge in [0.1, 0.15) is 5.75 Å². The molecule has 19 heavy (non-hydrogen) atoms. The van der Waals surface area contributed by atoms with Crippen molar-refractivity contribution < 1.29 is 14.7 Å². The molecule has 2 amide bonds. The Bertz CT molecular complexity index is 534. The van der Waals surface area contributed by atoms with E-state index in [1.165, 1.54) is 12.1 Å². The van der Waals surface area contributed by atoms with Gasteiger partial charge in [-0.05, 0) is 25.0 Å². The van der Waals surface area contributed by atoms with E-state index in [0.29, 0.717) is 5.02 Å². The van der Waals surface area contributed by atoms with Crippen LogP contribution in [0, 0.1) is 11.8 Å². The van der Waals surface area contributed by atoms with E-state index < -0.39 is 0 Å². The van der Waals surface area contributed by atoms with Crippen LogP contribution in [-0.4, -0.2) is 16.9 Å². The molecule has 5 heteroatoms. The van der Waals surface area contributed by atoms with Gasteiger partial charge in [0.25, 0.3) is 0 Å². The first-order valence-corrected chi connectivity index (χ1v) is 6.83. The molecule has 1 heterocycles. The van der Waals surface area contributed by atoms with Crippen LogP contribution in [0.5, 0.6) is 5.75 Å². The number of aromatic hydroxyl groups is 1. The molecule has 0 aromatic heterocycles. The number of carbonyl (C=O) groups is 2. The molecule has 1 aromatic rings. The van der Waals surface area contributed by atoms with Crippen molar-refractivity contribution in [3.05, 3.63) is 23.2 Å². The maximum Gasteiger partial charge on any atom is 0.237 e. The van der Waals surface area contributed by atoms with Crippen LogP contribution in [0.4, 0.5) is 5.69 Å². The predicted octanol–water partition coefficient (Wildman–Crippen LogP) is 2.73. The molecular weight excluding hydrogens is 266 g/mol. The Hall–Kier alpha value is -1.55. The number of hydrogen-bond donors (Lipinski definition) is 1. The molecule has 1 aliphatic heterocycles. The van der Waals surface area contributed by atoms with Gasteiger partial charge in [-0.15, -0.1) is 0 Å². The number of nitrogens with zero attached hydrogens (tertiary/aromatic N) is 1. The molecule has 1 saturated carbocycles. The second-order valence-electron chi connectivity index (χ2n) is 5.14. The number of hydrogen-bond acceptors (Lipinski definition) is 3. The Kier molecular flexibility index (Phi) is 2.97. The summed E-state index contributed by atoms with van der Waals surface area (Å²) in [5.74, 6) is -0.930. The van der Waals surface area contributed by atoms with E-state index in [9.17, 15) is 14.7 Å². The molecule has 2 atom stereocenters. The van der Waals surface area contributed by atoms with Crippen molar-refractivity contribution >= 4 is 29.1 Å². The summed E-state index contributed by atoms with van der Waals surface area (Å²) >= 11 is 5.77. The van der Waals surface area contributed by atoms with Crippen molar-refractivity contribution in [2.45, 2.75) is 25.7 Å². The third-order valence-corrected chi connectivity index (χ3v) is 4.25. The second-order valence-corrected chi connectivity index (χ2v) is 5.58. The summed E-state index contributed by atoms with van der Waals surface area (Å²) in [7, 11) is 0. The number of imide groups is 1. The topological polar surface area (TPSA) is 57.6 Å². The largest absolute Gasteiger partial charge is 0.506 e. The van der Waals surface area contributed by atoms with Gasteiger partial charge in [-0.3, -0.25) is 9.59 Å². The highest BCUT2D eigenvalue weighted by Gasteiger charge is 2.49. The Labute approximate surface area is 116 Å². The van der Waals surface area contributed by atoms with Crippen molar-refractivity contribution in [1.82, 2.24) is 0 Å². The van der Waals surface area contributed by atoms with Crippen LogP contribution in [0.2, 0.25) is 5.02 Å². The van der Waals surface area contributed by atoms with Gasteiger partial charge in [-0.2, -0.15) is 0 Å². The Morgan fingerprint density at radius 3 is 2.21 bits per heavy atom. The van der Waals surface area contributed by atoms with E-state index in [1.54, 1.807) is 6.07 Å². The monoisotopic (exact) mass is 279 g/mol. The van der Waals surface area contributed by atoms with Crippen molar-refractivity contribution in [3.63, 3.8) is 0 Å². The third-order valence-electron chi connectivity index (χ3n) is 4.02. The third kappa shape index (κ3) is 1.91. The lowest BCUT2D eigenvalue weighted by molar-refractivity contribution is -0.122.